The Hall–Kier alpha value is -3.10. The van der Waals surface area contributed by atoms with Crippen LogP contribution in [0.5, 0.6) is 0 Å². The molecule has 0 bridgehead atoms. The molecule has 1 aromatic carbocycles. The van der Waals surface area contributed by atoms with E-state index in [9.17, 15) is 19.2 Å². The fourth-order valence-electron chi connectivity index (χ4n) is 4.34. The molecule has 1 aromatic rings. The van der Waals surface area contributed by atoms with E-state index in [2.05, 4.69) is 17.6 Å². The van der Waals surface area contributed by atoms with E-state index in [1.165, 1.54) is 0 Å². The predicted molar refractivity (Wildman–Crippen MR) is 159 cm³/mol. The molecule has 0 fully saturated rings. The molecule has 1 rings (SSSR count). The van der Waals surface area contributed by atoms with Crippen LogP contribution in [-0.4, -0.2) is 53.4 Å². The number of nitrogens with two attached hydrogens (primary N) is 1. The first-order valence-electron chi connectivity index (χ1n) is 14.7. The fourth-order valence-corrected chi connectivity index (χ4v) is 4.34. The van der Waals surface area contributed by atoms with Crippen molar-refractivity contribution in [2.45, 2.75) is 124 Å². The number of amides is 4. The molecule has 0 saturated heterocycles. The second kappa shape index (κ2) is 17.6. The number of alkyl carbamates (subject to hydrolysis) is 1. The van der Waals surface area contributed by atoms with Gasteiger partial charge in [-0.2, -0.15) is 0 Å². The van der Waals surface area contributed by atoms with Crippen LogP contribution in [0.15, 0.2) is 18.2 Å². The van der Waals surface area contributed by atoms with Crippen molar-refractivity contribution in [1.29, 1.82) is 0 Å². The molecular weight excluding hydrogens is 508 g/mol. The first-order valence-corrected chi connectivity index (χ1v) is 14.7. The SMILES string of the molecule is CCCCCCCN(C(=O)C(CCC(N)=O)NC(=O)OC(C)(C)C)C(C(=O)NCCCC)c1ccc(C)c(C)c1. The highest BCUT2D eigenvalue weighted by Crippen LogP contribution is 2.26. The van der Waals surface area contributed by atoms with Crippen molar-refractivity contribution in [3.05, 3.63) is 34.9 Å². The number of primary amides is 1. The van der Waals surface area contributed by atoms with Gasteiger partial charge in [0.2, 0.25) is 17.7 Å². The molecule has 9 heteroatoms. The third kappa shape index (κ3) is 12.8. The van der Waals surface area contributed by atoms with Gasteiger partial charge in [-0.3, -0.25) is 14.4 Å². The Labute approximate surface area is 241 Å². The van der Waals surface area contributed by atoms with Gasteiger partial charge in [0.15, 0.2) is 0 Å². The Kier molecular flexibility index (Phi) is 15.3. The van der Waals surface area contributed by atoms with E-state index in [4.69, 9.17) is 10.5 Å². The van der Waals surface area contributed by atoms with Crippen LogP contribution in [0.25, 0.3) is 0 Å². The largest absolute Gasteiger partial charge is 0.444 e. The van der Waals surface area contributed by atoms with E-state index in [-0.39, 0.29) is 18.7 Å². The number of ether oxygens (including phenoxy) is 1. The third-order valence-corrected chi connectivity index (χ3v) is 6.69. The van der Waals surface area contributed by atoms with Crippen molar-refractivity contribution >= 4 is 23.8 Å². The Morgan fingerprint density at radius 1 is 0.950 bits per heavy atom. The van der Waals surface area contributed by atoms with Crippen LogP contribution in [-0.2, 0) is 19.1 Å². The lowest BCUT2D eigenvalue weighted by Gasteiger charge is -2.35. The van der Waals surface area contributed by atoms with Crippen LogP contribution < -0.4 is 16.4 Å². The molecule has 0 aliphatic carbocycles. The first kappa shape index (κ1) is 34.9. The number of benzene rings is 1. The van der Waals surface area contributed by atoms with Crippen LogP contribution in [0.3, 0.4) is 0 Å². The van der Waals surface area contributed by atoms with Gasteiger partial charge in [-0.25, -0.2) is 4.79 Å². The van der Waals surface area contributed by atoms with Gasteiger partial charge in [-0.15, -0.1) is 0 Å². The van der Waals surface area contributed by atoms with Gasteiger partial charge >= 0.3 is 6.09 Å². The molecule has 0 aliphatic heterocycles. The second-order valence-corrected chi connectivity index (χ2v) is 11.5. The zero-order chi connectivity index (χ0) is 30.3. The number of hydrogen-bond donors (Lipinski definition) is 3. The maximum atomic E-state index is 14.2. The van der Waals surface area contributed by atoms with Crippen LogP contribution in [0.2, 0.25) is 0 Å². The first-order chi connectivity index (χ1) is 18.8. The van der Waals surface area contributed by atoms with Crippen molar-refractivity contribution < 1.29 is 23.9 Å². The number of unbranched alkanes of at least 4 members (excludes halogenated alkanes) is 5. The molecule has 0 heterocycles. The summed E-state index contributed by atoms with van der Waals surface area (Å²) in [4.78, 5) is 53.8. The van der Waals surface area contributed by atoms with E-state index in [1.807, 2.05) is 39.0 Å². The van der Waals surface area contributed by atoms with Crippen LogP contribution in [0.4, 0.5) is 4.79 Å². The van der Waals surface area contributed by atoms with Crippen molar-refractivity contribution in [3.63, 3.8) is 0 Å². The second-order valence-electron chi connectivity index (χ2n) is 11.5. The molecule has 0 saturated carbocycles. The van der Waals surface area contributed by atoms with E-state index in [0.717, 1.165) is 49.7 Å². The molecule has 226 valence electrons. The Bertz CT molecular complexity index is 973. The van der Waals surface area contributed by atoms with Crippen LogP contribution >= 0.6 is 0 Å². The van der Waals surface area contributed by atoms with Crippen molar-refractivity contribution in [1.82, 2.24) is 15.5 Å². The lowest BCUT2D eigenvalue weighted by Crippen LogP contribution is -2.53. The third-order valence-electron chi connectivity index (χ3n) is 6.69. The average molecular weight is 561 g/mol. The molecule has 0 spiro atoms. The Morgan fingerprint density at radius 2 is 1.60 bits per heavy atom. The van der Waals surface area contributed by atoms with Crippen molar-refractivity contribution in [2.24, 2.45) is 5.73 Å². The van der Waals surface area contributed by atoms with Gasteiger partial charge in [0, 0.05) is 19.5 Å². The number of nitrogens with zero attached hydrogens (tertiary/aromatic N) is 1. The minimum absolute atomic E-state index is 0.00313. The smallest absolute Gasteiger partial charge is 0.408 e. The van der Waals surface area contributed by atoms with Crippen LogP contribution in [0.1, 0.15) is 115 Å². The summed E-state index contributed by atoms with van der Waals surface area (Å²) in [6.45, 7) is 14.2. The van der Waals surface area contributed by atoms with Gasteiger partial charge < -0.3 is 26.0 Å². The Morgan fingerprint density at radius 3 is 2.17 bits per heavy atom. The maximum Gasteiger partial charge on any atom is 0.408 e. The quantitative estimate of drug-likeness (QED) is 0.225. The summed E-state index contributed by atoms with van der Waals surface area (Å²) in [7, 11) is 0. The van der Waals surface area contributed by atoms with Gasteiger partial charge in [0.25, 0.3) is 0 Å². The zero-order valence-electron chi connectivity index (χ0n) is 25.7. The van der Waals surface area contributed by atoms with Crippen molar-refractivity contribution in [3.8, 4) is 0 Å². The number of carbonyl (C=O) groups excluding carboxylic acids is 4. The normalized spacial score (nSPS) is 12.8. The lowest BCUT2D eigenvalue weighted by molar-refractivity contribution is -0.142. The van der Waals surface area contributed by atoms with Gasteiger partial charge in [0.1, 0.15) is 17.7 Å². The monoisotopic (exact) mass is 560 g/mol. The van der Waals surface area contributed by atoms with Gasteiger partial charge in [-0.05, 0) is 70.6 Å². The molecule has 9 nitrogen and oxygen atoms in total. The van der Waals surface area contributed by atoms with E-state index < -0.39 is 35.6 Å². The summed E-state index contributed by atoms with van der Waals surface area (Å²) in [5.41, 5.74) is 7.42. The summed E-state index contributed by atoms with van der Waals surface area (Å²) in [6, 6.07) is 3.78. The summed E-state index contributed by atoms with van der Waals surface area (Å²) < 4.78 is 5.40. The van der Waals surface area contributed by atoms with E-state index in [0.29, 0.717) is 25.1 Å². The average Bonchev–Trinajstić information content (AvgIpc) is 2.86. The zero-order valence-corrected chi connectivity index (χ0v) is 25.7. The summed E-state index contributed by atoms with van der Waals surface area (Å²) in [5.74, 6) is -1.31. The fraction of sp³-hybridized carbons (Fsp3) is 0.677. The van der Waals surface area contributed by atoms with E-state index >= 15 is 0 Å². The molecule has 2 atom stereocenters. The highest BCUT2D eigenvalue weighted by Gasteiger charge is 2.36. The molecule has 2 unspecified atom stereocenters. The van der Waals surface area contributed by atoms with Gasteiger partial charge in [-0.1, -0.05) is 64.2 Å². The number of carbonyl (C=O) groups is 4. The molecule has 0 aromatic heterocycles. The van der Waals surface area contributed by atoms with Crippen molar-refractivity contribution in [2.75, 3.05) is 13.1 Å². The lowest BCUT2D eigenvalue weighted by atomic mass is 9.97. The highest BCUT2D eigenvalue weighted by atomic mass is 16.6. The van der Waals surface area contributed by atoms with Gasteiger partial charge in [0.05, 0.1) is 0 Å². The summed E-state index contributed by atoms with van der Waals surface area (Å²) >= 11 is 0. The molecule has 40 heavy (non-hydrogen) atoms. The number of hydrogen-bond acceptors (Lipinski definition) is 5. The molecule has 0 radical (unpaired) electrons. The molecule has 4 N–H and O–H groups in total. The summed E-state index contributed by atoms with van der Waals surface area (Å²) in [5, 5.41) is 5.65. The van der Waals surface area contributed by atoms with E-state index in [1.54, 1.807) is 25.7 Å². The summed E-state index contributed by atoms with van der Waals surface area (Å²) in [6.07, 6.45) is 5.66. The molecule has 0 aliphatic rings. The maximum absolute atomic E-state index is 14.2. The topological polar surface area (TPSA) is 131 Å². The molecule has 4 amide bonds. The minimum Gasteiger partial charge on any atom is -0.444 e. The molecular formula is C31H52N4O5. The highest BCUT2D eigenvalue weighted by molar-refractivity contribution is 5.92. The number of aryl methyl sites for hydroxylation is 2. The van der Waals surface area contributed by atoms with Crippen LogP contribution in [0, 0.1) is 13.8 Å². The standard InChI is InChI=1S/C31H52N4O5/c1-8-10-12-13-14-20-35(29(38)25(17-18-26(32)36)34-30(39)40-31(5,6)7)27(28(37)33-19-11-9-2)24-16-15-22(3)23(4)21-24/h15-16,21,25,27H,8-14,17-20H2,1-7H3,(H2,32,36)(H,33,37)(H,34,39). The predicted octanol–water partition coefficient (Wildman–Crippen LogP) is 5.22. The minimum atomic E-state index is -1.09. The number of nitrogens with one attached hydrogen (secondary N) is 2. The number of rotatable bonds is 17. The Balaban J connectivity index is 3.51.